The molecule has 1 amide bonds. The second-order valence-corrected chi connectivity index (χ2v) is 8.67. The molecule has 0 saturated heterocycles. The van der Waals surface area contributed by atoms with Crippen molar-refractivity contribution in [2.75, 3.05) is 12.4 Å². The van der Waals surface area contributed by atoms with Gasteiger partial charge < -0.3 is 10.1 Å². The number of rotatable bonds is 5. The summed E-state index contributed by atoms with van der Waals surface area (Å²) in [7, 11) is 1.52. The number of para-hydroxylation sites is 1. The average molecular weight is 469 g/mol. The van der Waals surface area contributed by atoms with Crippen LogP contribution in [0.2, 0.25) is 10.0 Å². The van der Waals surface area contributed by atoms with E-state index in [1.165, 1.54) is 13.2 Å². The van der Waals surface area contributed by atoms with E-state index in [1.54, 1.807) is 29.5 Å². The van der Waals surface area contributed by atoms with Crippen molar-refractivity contribution in [3.05, 3.63) is 81.8 Å². The van der Waals surface area contributed by atoms with Gasteiger partial charge in [-0.3, -0.25) is 4.79 Å². The summed E-state index contributed by atoms with van der Waals surface area (Å²) in [6, 6.07) is 17.1. The van der Waals surface area contributed by atoms with Crippen molar-refractivity contribution in [2.45, 2.75) is 6.92 Å². The quantitative estimate of drug-likeness (QED) is 0.314. The smallest absolute Gasteiger partial charge is 0.248 e. The van der Waals surface area contributed by atoms with Crippen LogP contribution in [0.25, 0.3) is 26.9 Å². The molecule has 0 spiro atoms. The third kappa shape index (κ3) is 4.59. The lowest BCUT2D eigenvalue weighted by Gasteiger charge is -2.10. The Morgan fingerprint density at radius 3 is 2.71 bits per heavy atom. The third-order valence-corrected chi connectivity index (χ3v) is 6.34. The summed E-state index contributed by atoms with van der Waals surface area (Å²) in [5.41, 5.74) is 4.25. The minimum Gasteiger partial charge on any atom is -0.495 e. The van der Waals surface area contributed by atoms with E-state index in [4.69, 9.17) is 32.9 Å². The Labute approximate surface area is 194 Å². The van der Waals surface area contributed by atoms with E-state index in [0.29, 0.717) is 21.4 Å². The predicted molar refractivity (Wildman–Crippen MR) is 130 cm³/mol. The molecule has 0 unspecified atom stereocenters. The maximum absolute atomic E-state index is 12.6. The van der Waals surface area contributed by atoms with E-state index < -0.39 is 0 Å². The number of benzene rings is 3. The fourth-order valence-electron chi connectivity index (χ4n) is 3.25. The molecule has 7 heteroatoms. The molecule has 4 aromatic rings. The van der Waals surface area contributed by atoms with Crippen molar-refractivity contribution in [3.63, 3.8) is 0 Å². The van der Waals surface area contributed by atoms with Crippen molar-refractivity contribution in [1.29, 1.82) is 0 Å². The van der Waals surface area contributed by atoms with E-state index >= 15 is 0 Å². The summed E-state index contributed by atoms with van der Waals surface area (Å²) in [5.74, 6) is 0.187. The number of carbonyl (C=O) groups is 1. The first-order chi connectivity index (χ1) is 15.0. The first-order valence-corrected chi connectivity index (χ1v) is 11.0. The molecule has 0 aliphatic heterocycles. The number of anilines is 1. The topological polar surface area (TPSA) is 51.2 Å². The number of nitrogens with one attached hydrogen (secondary N) is 1. The Balaban J connectivity index is 1.58. The molecule has 4 nitrogen and oxygen atoms in total. The molecule has 4 rings (SSSR count). The minimum atomic E-state index is -0.275. The van der Waals surface area contributed by atoms with Gasteiger partial charge in [-0.05, 0) is 48.9 Å². The monoisotopic (exact) mass is 468 g/mol. The molecule has 0 aliphatic rings. The normalized spacial score (nSPS) is 11.2. The van der Waals surface area contributed by atoms with Crippen LogP contribution in [0, 0.1) is 6.92 Å². The van der Waals surface area contributed by atoms with Gasteiger partial charge in [-0.15, -0.1) is 11.3 Å². The fourth-order valence-corrected chi connectivity index (χ4v) is 4.88. The predicted octanol–water partition coefficient (Wildman–Crippen LogP) is 7.24. The van der Waals surface area contributed by atoms with E-state index in [1.807, 2.05) is 43.3 Å². The van der Waals surface area contributed by atoms with Crippen LogP contribution in [0.3, 0.4) is 0 Å². The highest BCUT2D eigenvalue weighted by Gasteiger charge is 2.12. The van der Waals surface area contributed by atoms with Crippen molar-refractivity contribution in [1.82, 2.24) is 4.98 Å². The van der Waals surface area contributed by atoms with Crippen LogP contribution >= 0.6 is 34.5 Å². The lowest BCUT2D eigenvalue weighted by Crippen LogP contribution is -2.09. The van der Waals surface area contributed by atoms with Crippen LogP contribution in [0.15, 0.2) is 60.7 Å². The first kappa shape index (κ1) is 21.4. The lowest BCUT2D eigenvalue weighted by atomic mass is 10.1. The molecule has 0 atom stereocenters. The van der Waals surface area contributed by atoms with Gasteiger partial charge in [0, 0.05) is 27.9 Å². The van der Waals surface area contributed by atoms with Crippen molar-refractivity contribution < 1.29 is 9.53 Å². The summed E-state index contributed by atoms with van der Waals surface area (Å²) >= 11 is 13.9. The lowest BCUT2D eigenvalue weighted by molar-refractivity contribution is -0.111. The number of halogens is 2. The van der Waals surface area contributed by atoms with E-state index in [0.717, 1.165) is 32.0 Å². The van der Waals surface area contributed by atoms with Crippen molar-refractivity contribution in [2.24, 2.45) is 0 Å². The summed E-state index contributed by atoms with van der Waals surface area (Å²) in [4.78, 5) is 17.3. The molecule has 1 N–H and O–H groups in total. The molecule has 3 aromatic carbocycles. The van der Waals surface area contributed by atoms with Crippen LogP contribution < -0.4 is 10.1 Å². The highest BCUT2D eigenvalue weighted by molar-refractivity contribution is 7.21. The molecule has 1 aromatic heterocycles. The number of ether oxygens (including phenoxy) is 1. The van der Waals surface area contributed by atoms with Gasteiger partial charge in [-0.2, -0.15) is 0 Å². The van der Waals surface area contributed by atoms with Gasteiger partial charge in [0.25, 0.3) is 0 Å². The van der Waals surface area contributed by atoms with Gasteiger partial charge in [-0.1, -0.05) is 47.5 Å². The number of amides is 1. The summed E-state index contributed by atoms with van der Waals surface area (Å²) < 4.78 is 6.44. The maximum atomic E-state index is 12.6. The number of thiazole rings is 1. The van der Waals surface area contributed by atoms with E-state index in [9.17, 15) is 4.79 Å². The maximum Gasteiger partial charge on any atom is 0.248 e. The van der Waals surface area contributed by atoms with Gasteiger partial charge in [0.1, 0.15) is 10.8 Å². The van der Waals surface area contributed by atoms with Gasteiger partial charge in [0.15, 0.2) is 0 Å². The molecule has 0 saturated carbocycles. The van der Waals surface area contributed by atoms with Crippen LogP contribution in [0.5, 0.6) is 5.75 Å². The average Bonchev–Trinajstić information content (AvgIpc) is 3.17. The molecule has 0 bridgehead atoms. The zero-order valence-electron chi connectivity index (χ0n) is 16.8. The van der Waals surface area contributed by atoms with Crippen LogP contribution in [0.1, 0.15) is 11.1 Å². The molecule has 31 heavy (non-hydrogen) atoms. The van der Waals surface area contributed by atoms with E-state index in [-0.39, 0.29) is 5.91 Å². The van der Waals surface area contributed by atoms with Crippen molar-refractivity contribution >= 4 is 62.4 Å². The summed E-state index contributed by atoms with van der Waals surface area (Å²) in [6.07, 6.45) is 3.05. The third-order valence-electron chi connectivity index (χ3n) is 4.77. The Morgan fingerprint density at radius 2 is 1.94 bits per heavy atom. The Hall–Kier alpha value is -2.86. The number of aromatic nitrogens is 1. The second-order valence-electron chi connectivity index (χ2n) is 6.80. The molecular formula is C24H18Cl2N2O2S. The zero-order valence-corrected chi connectivity index (χ0v) is 19.1. The standard InChI is InChI=1S/C24H18Cl2N2O2S/c1-14-17(24-28-20-7-3-4-9-21(20)31-24)6-5-8-19(14)27-22(29)11-10-15-12-16(25)13-18(26)23(15)30-2/h3-13H,1-2H3,(H,27,29). The highest BCUT2D eigenvalue weighted by Crippen LogP contribution is 2.35. The van der Waals surface area contributed by atoms with Gasteiger partial charge in [-0.25, -0.2) is 4.98 Å². The number of nitrogens with zero attached hydrogens (tertiary/aromatic N) is 1. The van der Waals surface area contributed by atoms with Gasteiger partial charge in [0.2, 0.25) is 5.91 Å². The Morgan fingerprint density at radius 1 is 1.13 bits per heavy atom. The Kier molecular flexibility index (Phi) is 6.28. The largest absolute Gasteiger partial charge is 0.495 e. The molecule has 0 aliphatic carbocycles. The SMILES string of the molecule is COc1c(Cl)cc(Cl)cc1C=CC(=O)Nc1cccc(-c2nc3ccccc3s2)c1C. The van der Waals surface area contributed by atoms with Crippen molar-refractivity contribution in [3.8, 4) is 16.3 Å². The van der Waals surface area contributed by atoms with Gasteiger partial charge >= 0.3 is 0 Å². The Bertz CT molecular complexity index is 1280. The summed E-state index contributed by atoms with van der Waals surface area (Å²) in [6.45, 7) is 1.97. The molecular weight excluding hydrogens is 451 g/mol. The zero-order chi connectivity index (χ0) is 22.0. The second kappa shape index (κ2) is 9.10. The summed E-state index contributed by atoms with van der Waals surface area (Å²) in [5, 5.41) is 4.70. The molecule has 0 fully saturated rings. The first-order valence-electron chi connectivity index (χ1n) is 9.44. The molecule has 1 heterocycles. The number of hydrogen-bond acceptors (Lipinski definition) is 4. The van der Waals surface area contributed by atoms with Gasteiger partial charge in [0.05, 0.1) is 22.3 Å². The fraction of sp³-hybridized carbons (Fsp3) is 0.0833. The molecule has 156 valence electrons. The number of fused-ring (bicyclic) bond motifs is 1. The van der Waals surface area contributed by atoms with Crippen LogP contribution in [0.4, 0.5) is 5.69 Å². The minimum absolute atomic E-state index is 0.275. The highest BCUT2D eigenvalue weighted by atomic mass is 35.5. The number of carbonyl (C=O) groups excluding carboxylic acids is 1. The number of hydrogen-bond donors (Lipinski definition) is 1. The van der Waals surface area contributed by atoms with E-state index in [2.05, 4.69) is 11.4 Å². The van der Waals surface area contributed by atoms with Crippen LogP contribution in [-0.2, 0) is 4.79 Å². The number of methoxy groups -OCH3 is 1. The molecule has 0 radical (unpaired) electrons. The van der Waals surface area contributed by atoms with Crippen LogP contribution in [-0.4, -0.2) is 18.0 Å².